The van der Waals surface area contributed by atoms with Crippen LogP contribution in [0.2, 0.25) is 0 Å². The maximum atomic E-state index is 14.7. The molecule has 0 unspecified atom stereocenters. The second kappa shape index (κ2) is 11.5. The van der Waals surface area contributed by atoms with Gasteiger partial charge in [-0.1, -0.05) is 26.0 Å². The Labute approximate surface area is 208 Å². The van der Waals surface area contributed by atoms with Crippen molar-refractivity contribution < 1.29 is 19.0 Å². The summed E-state index contributed by atoms with van der Waals surface area (Å²) in [5.41, 5.74) is 1.31. The summed E-state index contributed by atoms with van der Waals surface area (Å²) in [5, 5.41) is 9.66. The molecule has 0 saturated carbocycles. The van der Waals surface area contributed by atoms with Gasteiger partial charge in [-0.05, 0) is 75.4 Å². The molecule has 6 nitrogen and oxygen atoms in total. The van der Waals surface area contributed by atoms with E-state index in [0.717, 1.165) is 42.9 Å². The highest BCUT2D eigenvalue weighted by molar-refractivity contribution is 5.94. The van der Waals surface area contributed by atoms with Crippen LogP contribution in [0.4, 0.5) is 4.39 Å². The standard InChI is InChI=1S/C28H38FN3O3/c1-3-28(29,4-2)20-31-14-11-21(12-15-31)19-35-25-9-10-26(30-17-25)22-5-7-23(8-6-22)27(34)32-16-13-24(33)18-32/h5-10,17,21,24,33H,3-4,11-16,18-20H2,1-2H3/t24-/m1/s1. The summed E-state index contributed by atoms with van der Waals surface area (Å²) in [6.07, 6.45) is 5.16. The number of benzene rings is 1. The van der Waals surface area contributed by atoms with E-state index in [0.29, 0.717) is 57.0 Å². The first-order chi connectivity index (χ1) is 16.9. The van der Waals surface area contributed by atoms with E-state index in [1.54, 1.807) is 11.1 Å². The molecule has 1 amide bonds. The van der Waals surface area contributed by atoms with Crippen molar-refractivity contribution in [3.63, 3.8) is 0 Å². The molecular weight excluding hydrogens is 445 g/mol. The zero-order valence-electron chi connectivity index (χ0n) is 21.0. The minimum atomic E-state index is -1.07. The summed E-state index contributed by atoms with van der Waals surface area (Å²) in [5.74, 6) is 1.18. The molecule has 1 N–H and O–H groups in total. The highest BCUT2D eigenvalue weighted by Gasteiger charge is 2.30. The zero-order valence-corrected chi connectivity index (χ0v) is 21.0. The number of hydrogen-bond donors (Lipinski definition) is 1. The molecule has 1 atom stereocenters. The number of carbonyl (C=O) groups is 1. The largest absolute Gasteiger partial charge is 0.492 e. The van der Waals surface area contributed by atoms with Gasteiger partial charge in [-0.15, -0.1) is 0 Å². The van der Waals surface area contributed by atoms with Crippen LogP contribution >= 0.6 is 0 Å². The molecule has 1 aromatic carbocycles. The maximum Gasteiger partial charge on any atom is 0.253 e. The lowest BCUT2D eigenvalue weighted by atomic mass is 9.94. The van der Waals surface area contributed by atoms with E-state index >= 15 is 0 Å². The minimum absolute atomic E-state index is 0.0459. The van der Waals surface area contributed by atoms with Gasteiger partial charge in [-0.2, -0.15) is 0 Å². The van der Waals surface area contributed by atoms with E-state index in [1.165, 1.54) is 0 Å². The monoisotopic (exact) mass is 483 g/mol. The van der Waals surface area contributed by atoms with Gasteiger partial charge >= 0.3 is 0 Å². The Morgan fingerprint density at radius 3 is 2.37 bits per heavy atom. The zero-order chi connectivity index (χ0) is 24.8. The van der Waals surface area contributed by atoms with Crippen molar-refractivity contribution in [1.29, 1.82) is 0 Å². The van der Waals surface area contributed by atoms with Gasteiger partial charge < -0.3 is 19.6 Å². The molecule has 2 aliphatic rings. The number of nitrogens with zero attached hydrogens (tertiary/aromatic N) is 3. The number of rotatable bonds is 9. The smallest absolute Gasteiger partial charge is 0.253 e. The summed E-state index contributed by atoms with van der Waals surface area (Å²) < 4.78 is 20.7. The van der Waals surface area contributed by atoms with E-state index in [4.69, 9.17) is 4.74 Å². The highest BCUT2D eigenvalue weighted by Crippen LogP contribution is 2.26. The van der Waals surface area contributed by atoms with Gasteiger partial charge in [0.25, 0.3) is 5.91 Å². The van der Waals surface area contributed by atoms with Crippen LogP contribution in [-0.4, -0.2) is 76.9 Å². The van der Waals surface area contributed by atoms with Crippen LogP contribution in [0.25, 0.3) is 11.3 Å². The molecule has 2 aromatic rings. The number of ether oxygens (including phenoxy) is 1. The molecule has 1 aromatic heterocycles. The van der Waals surface area contributed by atoms with E-state index in [2.05, 4.69) is 9.88 Å². The Bertz CT molecular complexity index is 954. The van der Waals surface area contributed by atoms with Crippen LogP contribution in [0.3, 0.4) is 0 Å². The Hall–Kier alpha value is -2.51. The van der Waals surface area contributed by atoms with Crippen LogP contribution in [0.15, 0.2) is 42.6 Å². The Morgan fingerprint density at radius 1 is 1.09 bits per heavy atom. The first-order valence-corrected chi connectivity index (χ1v) is 13.0. The van der Waals surface area contributed by atoms with Crippen molar-refractivity contribution in [2.75, 3.05) is 39.3 Å². The molecule has 190 valence electrons. The van der Waals surface area contributed by atoms with Crippen LogP contribution in [-0.2, 0) is 0 Å². The number of aliphatic hydroxyl groups is 1. The SMILES string of the molecule is CCC(F)(CC)CN1CCC(COc2ccc(-c3ccc(C(=O)N4CC[C@@H](O)C4)cc3)nc2)CC1. The second-order valence-corrected chi connectivity index (χ2v) is 10.0. The number of aromatic nitrogens is 1. The minimum Gasteiger partial charge on any atom is -0.492 e. The number of carbonyl (C=O) groups excluding carboxylic acids is 1. The van der Waals surface area contributed by atoms with Crippen LogP contribution in [0, 0.1) is 5.92 Å². The number of likely N-dealkylation sites (tertiary alicyclic amines) is 2. The van der Waals surface area contributed by atoms with Gasteiger partial charge in [-0.3, -0.25) is 9.78 Å². The molecule has 0 bridgehead atoms. The molecule has 3 heterocycles. The fourth-order valence-electron chi connectivity index (χ4n) is 4.93. The van der Waals surface area contributed by atoms with Crippen molar-refractivity contribution in [2.45, 2.75) is 57.7 Å². The predicted molar refractivity (Wildman–Crippen MR) is 135 cm³/mol. The topological polar surface area (TPSA) is 65.9 Å². The number of β-amino-alcohol motifs (C(OH)–C–C–N with tert-alkyl or cyclic N) is 1. The Morgan fingerprint density at radius 2 is 1.80 bits per heavy atom. The summed E-state index contributed by atoms with van der Waals surface area (Å²) in [6.45, 7) is 7.90. The number of amides is 1. The lowest BCUT2D eigenvalue weighted by Gasteiger charge is -2.36. The van der Waals surface area contributed by atoms with Crippen molar-refractivity contribution >= 4 is 5.91 Å². The lowest BCUT2D eigenvalue weighted by Crippen LogP contribution is -2.44. The number of piperidine rings is 1. The average Bonchev–Trinajstić information content (AvgIpc) is 3.34. The van der Waals surface area contributed by atoms with Crippen molar-refractivity contribution in [1.82, 2.24) is 14.8 Å². The molecule has 2 fully saturated rings. The molecule has 0 spiro atoms. The summed E-state index contributed by atoms with van der Waals surface area (Å²) in [7, 11) is 0. The third-order valence-electron chi connectivity index (χ3n) is 7.58. The van der Waals surface area contributed by atoms with Gasteiger partial charge in [0.05, 0.1) is 24.6 Å². The molecule has 2 saturated heterocycles. The Balaban J connectivity index is 1.24. The maximum absolute atomic E-state index is 14.7. The molecule has 0 radical (unpaired) electrons. The van der Waals surface area contributed by atoms with Gasteiger partial charge in [0.15, 0.2) is 0 Å². The molecule has 7 heteroatoms. The molecule has 35 heavy (non-hydrogen) atoms. The van der Waals surface area contributed by atoms with Crippen molar-refractivity contribution in [2.24, 2.45) is 5.92 Å². The first-order valence-electron chi connectivity index (χ1n) is 13.0. The van der Waals surface area contributed by atoms with Gasteiger partial charge in [0.1, 0.15) is 11.4 Å². The van der Waals surface area contributed by atoms with E-state index in [-0.39, 0.29) is 5.91 Å². The van der Waals surface area contributed by atoms with Gasteiger partial charge in [-0.25, -0.2) is 4.39 Å². The van der Waals surface area contributed by atoms with Crippen molar-refractivity contribution in [3.05, 3.63) is 48.2 Å². The first kappa shape index (κ1) is 25.6. The predicted octanol–water partition coefficient (Wildman–Crippen LogP) is 4.57. The van der Waals surface area contributed by atoms with E-state index in [9.17, 15) is 14.3 Å². The Kier molecular flexibility index (Phi) is 8.39. The van der Waals surface area contributed by atoms with Crippen molar-refractivity contribution in [3.8, 4) is 17.0 Å². The number of aliphatic hydroxyl groups excluding tert-OH is 1. The quantitative estimate of drug-likeness (QED) is 0.566. The molecule has 0 aliphatic carbocycles. The molecular formula is C28H38FN3O3. The third-order valence-corrected chi connectivity index (χ3v) is 7.58. The number of hydrogen-bond acceptors (Lipinski definition) is 5. The fourth-order valence-corrected chi connectivity index (χ4v) is 4.93. The van der Waals surface area contributed by atoms with Crippen LogP contribution in [0.5, 0.6) is 5.75 Å². The number of pyridine rings is 1. The number of halogens is 1. The number of alkyl halides is 1. The van der Waals surface area contributed by atoms with E-state index < -0.39 is 11.8 Å². The summed E-state index contributed by atoms with van der Waals surface area (Å²) in [4.78, 5) is 21.1. The summed E-state index contributed by atoms with van der Waals surface area (Å²) in [6, 6.07) is 11.3. The highest BCUT2D eigenvalue weighted by atomic mass is 19.1. The fraction of sp³-hybridized carbons (Fsp3) is 0.571. The average molecular weight is 484 g/mol. The van der Waals surface area contributed by atoms with Gasteiger partial charge in [0, 0.05) is 30.8 Å². The van der Waals surface area contributed by atoms with Crippen LogP contribution in [0.1, 0.15) is 56.3 Å². The van der Waals surface area contributed by atoms with E-state index in [1.807, 2.05) is 50.2 Å². The van der Waals surface area contributed by atoms with Crippen LogP contribution < -0.4 is 4.74 Å². The molecule has 2 aliphatic heterocycles. The van der Waals surface area contributed by atoms with Gasteiger partial charge in [0.2, 0.25) is 0 Å². The third kappa shape index (κ3) is 6.58. The second-order valence-electron chi connectivity index (χ2n) is 10.0. The lowest BCUT2D eigenvalue weighted by molar-refractivity contribution is 0.0568. The summed E-state index contributed by atoms with van der Waals surface area (Å²) >= 11 is 0. The normalized spacial score (nSPS) is 19.8. The molecule has 4 rings (SSSR count).